The Bertz CT molecular complexity index is 400. The zero-order valence-electron chi connectivity index (χ0n) is 11.5. The van der Waals surface area contributed by atoms with E-state index < -0.39 is 0 Å². The van der Waals surface area contributed by atoms with E-state index in [9.17, 15) is 0 Å². The number of benzene rings is 1. The standard InChI is InChI=1S/C17H25N/c1-2-10-17(11-5-12-18-17)16-9-4-8-15(13-16)14-6-3-7-14/h4,8-9,13-14,18H,2-3,5-7,10-12H2,1H3. The van der Waals surface area contributed by atoms with Crippen molar-refractivity contribution in [1.29, 1.82) is 0 Å². The maximum atomic E-state index is 3.79. The topological polar surface area (TPSA) is 12.0 Å². The van der Waals surface area contributed by atoms with E-state index >= 15 is 0 Å². The van der Waals surface area contributed by atoms with Crippen LogP contribution in [0.15, 0.2) is 24.3 Å². The molecule has 1 aliphatic heterocycles. The summed E-state index contributed by atoms with van der Waals surface area (Å²) in [5.74, 6) is 0.852. The fourth-order valence-corrected chi connectivity index (χ4v) is 3.67. The highest BCUT2D eigenvalue weighted by Crippen LogP contribution is 2.40. The average molecular weight is 243 g/mol. The molecule has 2 fully saturated rings. The van der Waals surface area contributed by atoms with Gasteiger partial charge in [-0.1, -0.05) is 44.0 Å². The molecule has 1 saturated carbocycles. The van der Waals surface area contributed by atoms with Gasteiger partial charge in [0.1, 0.15) is 0 Å². The van der Waals surface area contributed by atoms with Gasteiger partial charge < -0.3 is 5.32 Å². The summed E-state index contributed by atoms with van der Waals surface area (Å²) < 4.78 is 0. The van der Waals surface area contributed by atoms with Crippen LogP contribution < -0.4 is 5.32 Å². The maximum Gasteiger partial charge on any atom is 0.0435 e. The Kier molecular flexibility index (Phi) is 3.43. The first-order valence-corrected chi connectivity index (χ1v) is 7.69. The minimum absolute atomic E-state index is 0.286. The van der Waals surface area contributed by atoms with Crippen molar-refractivity contribution >= 4 is 0 Å². The molecule has 1 N–H and O–H groups in total. The third kappa shape index (κ3) is 2.09. The normalized spacial score (nSPS) is 28.3. The van der Waals surface area contributed by atoms with Crippen LogP contribution in [0.3, 0.4) is 0 Å². The summed E-state index contributed by atoms with van der Waals surface area (Å²) in [5.41, 5.74) is 3.42. The summed E-state index contributed by atoms with van der Waals surface area (Å²) in [5, 5.41) is 3.79. The third-order valence-electron chi connectivity index (χ3n) is 4.94. The van der Waals surface area contributed by atoms with Gasteiger partial charge in [-0.25, -0.2) is 0 Å². The van der Waals surface area contributed by atoms with Crippen LogP contribution in [-0.4, -0.2) is 6.54 Å². The SMILES string of the molecule is CCCC1(c2cccc(C3CCC3)c2)CCCN1. The molecule has 0 bridgehead atoms. The van der Waals surface area contributed by atoms with E-state index in [1.165, 1.54) is 51.5 Å². The van der Waals surface area contributed by atoms with Gasteiger partial charge in [-0.05, 0) is 55.7 Å². The van der Waals surface area contributed by atoms with Gasteiger partial charge in [-0.15, -0.1) is 0 Å². The first-order chi connectivity index (χ1) is 8.84. The Balaban J connectivity index is 1.89. The van der Waals surface area contributed by atoms with Crippen LogP contribution >= 0.6 is 0 Å². The Morgan fingerprint density at radius 2 is 2.17 bits per heavy atom. The van der Waals surface area contributed by atoms with Crippen LogP contribution in [0.1, 0.15) is 68.9 Å². The van der Waals surface area contributed by atoms with Crippen molar-refractivity contribution < 1.29 is 0 Å². The Hall–Kier alpha value is -0.820. The maximum absolute atomic E-state index is 3.79. The van der Waals surface area contributed by atoms with Gasteiger partial charge in [0, 0.05) is 5.54 Å². The molecule has 1 aliphatic carbocycles. The van der Waals surface area contributed by atoms with Crippen molar-refractivity contribution in [2.45, 2.75) is 63.3 Å². The molecule has 1 heterocycles. The molecule has 1 unspecified atom stereocenters. The van der Waals surface area contributed by atoms with Crippen molar-refractivity contribution in [3.8, 4) is 0 Å². The molecule has 18 heavy (non-hydrogen) atoms. The van der Waals surface area contributed by atoms with Gasteiger partial charge in [0.2, 0.25) is 0 Å². The average Bonchev–Trinajstić information content (AvgIpc) is 2.78. The molecule has 3 rings (SSSR count). The summed E-state index contributed by atoms with van der Waals surface area (Å²) in [7, 11) is 0. The van der Waals surface area contributed by atoms with E-state index in [-0.39, 0.29) is 5.54 Å². The molecule has 0 radical (unpaired) electrons. The fourth-order valence-electron chi connectivity index (χ4n) is 3.67. The number of hydrogen-bond donors (Lipinski definition) is 1. The molecule has 2 aliphatic rings. The van der Waals surface area contributed by atoms with Crippen LogP contribution in [0.2, 0.25) is 0 Å². The van der Waals surface area contributed by atoms with Crippen LogP contribution in [0.5, 0.6) is 0 Å². The second-order valence-corrected chi connectivity index (χ2v) is 6.12. The summed E-state index contributed by atoms with van der Waals surface area (Å²) in [6, 6.07) is 9.45. The predicted molar refractivity (Wildman–Crippen MR) is 76.9 cm³/mol. The van der Waals surface area contributed by atoms with Gasteiger partial charge >= 0.3 is 0 Å². The van der Waals surface area contributed by atoms with E-state index in [1.54, 1.807) is 11.1 Å². The molecule has 98 valence electrons. The molecule has 0 spiro atoms. The summed E-state index contributed by atoms with van der Waals surface area (Å²) in [4.78, 5) is 0. The van der Waals surface area contributed by atoms with Crippen LogP contribution in [0.25, 0.3) is 0 Å². The lowest BCUT2D eigenvalue weighted by Crippen LogP contribution is -2.36. The van der Waals surface area contributed by atoms with Crippen molar-refractivity contribution in [1.82, 2.24) is 5.32 Å². The highest BCUT2D eigenvalue weighted by Gasteiger charge is 2.34. The monoisotopic (exact) mass is 243 g/mol. The minimum Gasteiger partial charge on any atom is -0.307 e. The molecule has 1 nitrogen and oxygen atoms in total. The fraction of sp³-hybridized carbons (Fsp3) is 0.647. The van der Waals surface area contributed by atoms with Gasteiger partial charge in [0.05, 0.1) is 0 Å². The highest BCUT2D eigenvalue weighted by atomic mass is 15.0. The molecule has 1 heteroatoms. The summed E-state index contributed by atoms with van der Waals surface area (Å²) >= 11 is 0. The van der Waals surface area contributed by atoms with Crippen LogP contribution in [0, 0.1) is 0 Å². The largest absolute Gasteiger partial charge is 0.307 e. The van der Waals surface area contributed by atoms with Gasteiger partial charge in [0.25, 0.3) is 0 Å². The Morgan fingerprint density at radius 1 is 1.28 bits per heavy atom. The van der Waals surface area contributed by atoms with Crippen LogP contribution in [-0.2, 0) is 5.54 Å². The minimum atomic E-state index is 0.286. The van der Waals surface area contributed by atoms with Gasteiger partial charge in [-0.2, -0.15) is 0 Å². The second kappa shape index (κ2) is 5.05. The molecule has 1 atom stereocenters. The van der Waals surface area contributed by atoms with E-state index in [0.29, 0.717) is 0 Å². The molecule has 1 saturated heterocycles. The second-order valence-electron chi connectivity index (χ2n) is 6.12. The van der Waals surface area contributed by atoms with E-state index in [4.69, 9.17) is 0 Å². The van der Waals surface area contributed by atoms with Crippen molar-refractivity contribution in [2.24, 2.45) is 0 Å². The molecular formula is C17H25N. The molecular weight excluding hydrogens is 218 g/mol. The number of nitrogens with one attached hydrogen (secondary N) is 1. The quantitative estimate of drug-likeness (QED) is 0.830. The molecule has 0 amide bonds. The van der Waals surface area contributed by atoms with Gasteiger partial charge in [-0.3, -0.25) is 0 Å². The lowest BCUT2D eigenvalue weighted by molar-refractivity contribution is 0.354. The zero-order chi connectivity index (χ0) is 12.4. The van der Waals surface area contributed by atoms with Crippen molar-refractivity contribution in [3.63, 3.8) is 0 Å². The van der Waals surface area contributed by atoms with Crippen molar-refractivity contribution in [2.75, 3.05) is 6.54 Å². The Labute approximate surface area is 111 Å². The third-order valence-corrected chi connectivity index (χ3v) is 4.94. The molecule has 1 aromatic rings. The summed E-state index contributed by atoms with van der Waals surface area (Å²) in [6.07, 6.45) is 9.41. The number of rotatable bonds is 4. The zero-order valence-corrected chi connectivity index (χ0v) is 11.5. The first kappa shape index (κ1) is 12.2. The number of hydrogen-bond acceptors (Lipinski definition) is 1. The highest BCUT2D eigenvalue weighted by molar-refractivity contribution is 5.33. The first-order valence-electron chi connectivity index (χ1n) is 7.69. The lowest BCUT2D eigenvalue weighted by atomic mass is 9.77. The van der Waals surface area contributed by atoms with E-state index in [2.05, 4.69) is 36.5 Å². The van der Waals surface area contributed by atoms with E-state index in [1.807, 2.05) is 0 Å². The predicted octanol–water partition coefficient (Wildman–Crippen LogP) is 4.33. The van der Waals surface area contributed by atoms with Crippen molar-refractivity contribution in [3.05, 3.63) is 35.4 Å². The molecule has 0 aromatic heterocycles. The smallest absolute Gasteiger partial charge is 0.0435 e. The lowest BCUT2D eigenvalue weighted by Gasteiger charge is -2.32. The van der Waals surface area contributed by atoms with E-state index in [0.717, 1.165) is 5.92 Å². The molecule has 1 aromatic carbocycles. The van der Waals surface area contributed by atoms with Crippen LogP contribution in [0.4, 0.5) is 0 Å². The van der Waals surface area contributed by atoms with Gasteiger partial charge in [0.15, 0.2) is 0 Å². The Morgan fingerprint density at radius 3 is 2.78 bits per heavy atom. The summed E-state index contributed by atoms with van der Waals surface area (Å²) in [6.45, 7) is 3.49.